The molecule has 0 aliphatic carbocycles. The Morgan fingerprint density at radius 2 is 1.38 bits per heavy atom. The standard InChI is InChI=1S/C23H31O8P/c1-2-3-15-30-32(24,25)31-18-19-16-28-22-11-6-4-9-20(22)26-13-8-14-27-21-10-5-7-12-23(21)29-17-19/h4-7,9-12,19H,2-3,8,13-18H2,1H3,(H,24,25). The molecule has 2 aromatic carbocycles. The first-order chi connectivity index (χ1) is 15.6. The summed E-state index contributed by atoms with van der Waals surface area (Å²) in [4.78, 5) is 9.95. The number of unbranched alkanes of at least 4 members (excludes halogenated alkanes) is 1. The number of hydrogen-bond acceptors (Lipinski definition) is 7. The number of phosphoric acid groups is 1. The van der Waals surface area contributed by atoms with Crippen LogP contribution in [0.5, 0.6) is 23.0 Å². The van der Waals surface area contributed by atoms with E-state index in [1.165, 1.54) is 0 Å². The van der Waals surface area contributed by atoms with Crippen LogP contribution < -0.4 is 18.9 Å². The van der Waals surface area contributed by atoms with Gasteiger partial charge in [-0.25, -0.2) is 4.57 Å². The summed E-state index contributed by atoms with van der Waals surface area (Å²) in [6.45, 7) is 3.39. The Bertz CT molecular complexity index is 821. The monoisotopic (exact) mass is 466 g/mol. The van der Waals surface area contributed by atoms with Gasteiger partial charge in [0.05, 0.1) is 45.6 Å². The van der Waals surface area contributed by atoms with Gasteiger partial charge in [-0.3, -0.25) is 9.05 Å². The number of benzene rings is 2. The molecular formula is C23H31O8P. The lowest BCUT2D eigenvalue weighted by Gasteiger charge is -2.22. The van der Waals surface area contributed by atoms with Gasteiger partial charge in [-0.15, -0.1) is 0 Å². The largest absolute Gasteiger partial charge is 0.490 e. The Kier molecular flexibility index (Phi) is 9.68. The summed E-state index contributed by atoms with van der Waals surface area (Å²) in [6.07, 6.45) is 2.23. The minimum atomic E-state index is -4.15. The second-order valence-electron chi connectivity index (χ2n) is 7.38. The van der Waals surface area contributed by atoms with Gasteiger partial charge in [0.2, 0.25) is 0 Å². The zero-order valence-corrected chi connectivity index (χ0v) is 19.2. The molecule has 0 fully saturated rings. The average Bonchev–Trinajstić information content (AvgIpc) is 2.79. The van der Waals surface area contributed by atoms with E-state index in [1.54, 1.807) is 0 Å². The first-order valence-corrected chi connectivity index (χ1v) is 12.4. The normalized spacial score (nSPS) is 17.2. The maximum Gasteiger partial charge on any atom is 0.472 e. The fourth-order valence-electron chi connectivity index (χ4n) is 2.92. The highest BCUT2D eigenvalue weighted by molar-refractivity contribution is 7.47. The van der Waals surface area contributed by atoms with E-state index in [9.17, 15) is 9.46 Å². The summed E-state index contributed by atoms with van der Waals surface area (Å²) in [7, 11) is -4.15. The molecular weight excluding hydrogens is 435 g/mol. The molecule has 1 heterocycles. The van der Waals surface area contributed by atoms with Crippen molar-refractivity contribution in [3.63, 3.8) is 0 Å². The predicted octanol–water partition coefficient (Wildman–Crippen LogP) is 4.86. The van der Waals surface area contributed by atoms with Gasteiger partial charge >= 0.3 is 7.82 Å². The molecule has 0 spiro atoms. The first kappa shape index (κ1) is 24.4. The smallest absolute Gasteiger partial charge is 0.472 e. The van der Waals surface area contributed by atoms with Gasteiger partial charge in [0.15, 0.2) is 23.0 Å². The Morgan fingerprint density at radius 1 is 0.875 bits per heavy atom. The van der Waals surface area contributed by atoms with E-state index < -0.39 is 7.82 Å². The molecule has 1 unspecified atom stereocenters. The van der Waals surface area contributed by atoms with Crippen molar-refractivity contribution in [3.8, 4) is 23.0 Å². The van der Waals surface area contributed by atoms with Gasteiger partial charge in [-0.05, 0) is 30.7 Å². The first-order valence-electron chi connectivity index (χ1n) is 10.9. The lowest BCUT2D eigenvalue weighted by Crippen LogP contribution is -2.25. The maximum absolute atomic E-state index is 12.2. The van der Waals surface area contributed by atoms with Crippen LogP contribution in [-0.4, -0.2) is 44.5 Å². The van der Waals surface area contributed by atoms with Gasteiger partial charge in [-0.1, -0.05) is 37.6 Å². The number of fused-ring (bicyclic) bond motifs is 2. The summed E-state index contributed by atoms with van der Waals surface area (Å²) >= 11 is 0. The summed E-state index contributed by atoms with van der Waals surface area (Å²) in [5.41, 5.74) is 0. The number of hydrogen-bond donors (Lipinski definition) is 1. The molecule has 9 heteroatoms. The van der Waals surface area contributed by atoms with E-state index in [2.05, 4.69) is 0 Å². The van der Waals surface area contributed by atoms with Crippen molar-refractivity contribution in [2.24, 2.45) is 5.92 Å². The third kappa shape index (κ3) is 8.02. The van der Waals surface area contributed by atoms with Gasteiger partial charge in [-0.2, -0.15) is 0 Å². The number of ether oxygens (including phenoxy) is 4. The summed E-state index contributed by atoms with van der Waals surface area (Å²) < 4.78 is 46.1. The van der Waals surface area contributed by atoms with Crippen molar-refractivity contribution in [3.05, 3.63) is 48.5 Å². The van der Waals surface area contributed by atoms with Crippen LogP contribution in [-0.2, 0) is 13.6 Å². The second-order valence-corrected chi connectivity index (χ2v) is 8.84. The van der Waals surface area contributed by atoms with E-state index in [-0.39, 0.29) is 32.3 Å². The van der Waals surface area contributed by atoms with Crippen LogP contribution in [0.15, 0.2) is 48.5 Å². The molecule has 0 saturated heterocycles. The molecule has 0 saturated carbocycles. The molecule has 3 rings (SSSR count). The maximum atomic E-state index is 12.2. The van der Waals surface area contributed by atoms with Crippen LogP contribution in [0.1, 0.15) is 26.2 Å². The van der Waals surface area contributed by atoms with E-state index >= 15 is 0 Å². The zero-order chi connectivity index (χ0) is 22.7. The second kappa shape index (κ2) is 12.7. The molecule has 0 aromatic heterocycles. The average molecular weight is 466 g/mol. The lowest BCUT2D eigenvalue weighted by molar-refractivity contribution is 0.0868. The third-order valence-electron chi connectivity index (χ3n) is 4.68. The van der Waals surface area contributed by atoms with Crippen molar-refractivity contribution in [2.45, 2.75) is 26.2 Å². The zero-order valence-electron chi connectivity index (χ0n) is 18.3. The molecule has 176 valence electrons. The fraction of sp³-hybridized carbons (Fsp3) is 0.478. The molecule has 1 aliphatic rings. The summed E-state index contributed by atoms with van der Waals surface area (Å²) in [6, 6.07) is 14.8. The highest BCUT2D eigenvalue weighted by Gasteiger charge is 2.24. The number of phosphoric ester groups is 1. The van der Waals surface area contributed by atoms with Crippen molar-refractivity contribution >= 4 is 7.82 Å². The molecule has 1 aliphatic heterocycles. The highest BCUT2D eigenvalue weighted by atomic mass is 31.2. The van der Waals surface area contributed by atoms with Gasteiger partial charge in [0.1, 0.15) is 0 Å². The van der Waals surface area contributed by atoms with Gasteiger partial charge in [0.25, 0.3) is 0 Å². The molecule has 0 amide bonds. The molecule has 1 atom stereocenters. The Morgan fingerprint density at radius 3 is 1.88 bits per heavy atom. The van der Waals surface area contributed by atoms with E-state index in [4.69, 9.17) is 28.0 Å². The number of rotatable bonds is 7. The lowest BCUT2D eigenvalue weighted by atomic mass is 10.2. The van der Waals surface area contributed by atoms with E-state index in [0.29, 0.717) is 49.1 Å². The molecule has 0 bridgehead atoms. The minimum Gasteiger partial charge on any atom is -0.490 e. The van der Waals surface area contributed by atoms with Crippen molar-refractivity contribution in [1.29, 1.82) is 0 Å². The van der Waals surface area contributed by atoms with Crippen molar-refractivity contribution in [1.82, 2.24) is 0 Å². The van der Waals surface area contributed by atoms with Crippen LogP contribution in [0.3, 0.4) is 0 Å². The SMILES string of the molecule is CCCCOP(=O)(O)OCC1COc2ccccc2OCCCOc2ccccc2OC1. The highest BCUT2D eigenvalue weighted by Crippen LogP contribution is 2.43. The minimum absolute atomic E-state index is 0.0774. The Hall–Kier alpha value is -2.25. The topological polar surface area (TPSA) is 92.7 Å². The molecule has 8 nitrogen and oxygen atoms in total. The van der Waals surface area contributed by atoms with E-state index in [0.717, 1.165) is 6.42 Å². The van der Waals surface area contributed by atoms with E-state index in [1.807, 2.05) is 55.5 Å². The van der Waals surface area contributed by atoms with Crippen LogP contribution >= 0.6 is 7.82 Å². The van der Waals surface area contributed by atoms with Crippen LogP contribution in [0, 0.1) is 5.92 Å². The van der Waals surface area contributed by atoms with Crippen molar-refractivity contribution < 1.29 is 37.5 Å². The van der Waals surface area contributed by atoms with Crippen LogP contribution in [0.25, 0.3) is 0 Å². The van der Waals surface area contributed by atoms with Crippen molar-refractivity contribution in [2.75, 3.05) is 39.6 Å². The van der Waals surface area contributed by atoms with Gasteiger partial charge in [0, 0.05) is 6.42 Å². The Balaban J connectivity index is 1.71. The quantitative estimate of drug-likeness (QED) is 0.457. The fourth-order valence-corrected chi connectivity index (χ4v) is 3.75. The molecule has 1 N–H and O–H groups in total. The molecule has 32 heavy (non-hydrogen) atoms. The predicted molar refractivity (Wildman–Crippen MR) is 120 cm³/mol. The number of para-hydroxylation sites is 4. The summed E-state index contributed by atoms with van der Waals surface area (Å²) in [5, 5.41) is 0. The molecule has 0 radical (unpaired) electrons. The van der Waals surface area contributed by atoms with Crippen LogP contribution in [0.4, 0.5) is 0 Å². The molecule has 2 aromatic rings. The third-order valence-corrected chi connectivity index (χ3v) is 5.66. The summed E-state index contributed by atoms with van der Waals surface area (Å²) in [5.74, 6) is 2.07. The van der Waals surface area contributed by atoms with Gasteiger partial charge < -0.3 is 23.8 Å². The Labute approximate surface area is 189 Å². The van der Waals surface area contributed by atoms with Crippen LogP contribution in [0.2, 0.25) is 0 Å².